The average Bonchev–Trinajstić information content (AvgIpc) is 2.61. The van der Waals surface area contributed by atoms with E-state index in [1.165, 1.54) is 5.56 Å². The van der Waals surface area contributed by atoms with E-state index in [1.54, 1.807) is 0 Å². The van der Waals surface area contributed by atoms with E-state index in [-0.39, 0.29) is 0 Å². The molecular weight excluding hydrogens is 198 g/mol. The molecule has 1 heterocycles. The Morgan fingerprint density at radius 3 is 2.50 bits per heavy atom. The SMILES string of the molecule is Cc1ccccc1-c1ncn(C(C)C)c1N. The van der Waals surface area contributed by atoms with Crippen LogP contribution in [-0.4, -0.2) is 9.55 Å². The van der Waals surface area contributed by atoms with Crippen molar-refractivity contribution in [1.29, 1.82) is 0 Å². The number of benzene rings is 1. The van der Waals surface area contributed by atoms with Crippen molar-refractivity contribution >= 4 is 5.82 Å². The van der Waals surface area contributed by atoms with Crippen LogP contribution < -0.4 is 5.73 Å². The fourth-order valence-electron chi connectivity index (χ4n) is 1.83. The van der Waals surface area contributed by atoms with E-state index < -0.39 is 0 Å². The van der Waals surface area contributed by atoms with Gasteiger partial charge in [-0.1, -0.05) is 24.3 Å². The minimum Gasteiger partial charge on any atom is -0.383 e. The highest BCUT2D eigenvalue weighted by Crippen LogP contribution is 2.28. The molecule has 0 bridgehead atoms. The molecule has 84 valence electrons. The number of imidazole rings is 1. The molecule has 1 aromatic carbocycles. The van der Waals surface area contributed by atoms with Gasteiger partial charge in [-0.05, 0) is 26.3 Å². The van der Waals surface area contributed by atoms with E-state index in [0.29, 0.717) is 6.04 Å². The highest BCUT2D eigenvalue weighted by atomic mass is 15.1. The molecule has 0 aliphatic heterocycles. The van der Waals surface area contributed by atoms with Gasteiger partial charge in [-0.2, -0.15) is 0 Å². The summed E-state index contributed by atoms with van der Waals surface area (Å²) in [6.07, 6.45) is 1.81. The molecular formula is C13H17N3. The van der Waals surface area contributed by atoms with Crippen molar-refractivity contribution in [2.75, 3.05) is 5.73 Å². The lowest BCUT2D eigenvalue weighted by Gasteiger charge is -2.09. The zero-order valence-corrected chi connectivity index (χ0v) is 9.94. The van der Waals surface area contributed by atoms with Crippen molar-refractivity contribution in [2.45, 2.75) is 26.8 Å². The first-order valence-electron chi connectivity index (χ1n) is 5.49. The van der Waals surface area contributed by atoms with E-state index in [0.717, 1.165) is 17.1 Å². The van der Waals surface area contributed by atoms with E-state index in [2.05, 4.69) is 37.9 Å². The number of aryl methyl sites for hydroxylation is 1. The maximum absolute atomic E-state index is 6.11. The molecule has 0 unspecified atom stereocenters. The molecule has 0 saturated carbocycles. The summed E-state index contributed by atoms with van der Waals surface area (Å²) in [5.74, 6) is 0.740. The normalized spacial score (nSPS) is 11.0. The van der Waals surface area contributed by atoms with Crippen LogP contribution in [0.3, 0.4) is 0 Å². The molecule has 2 aromatic rings. The third-order valence-electron chi connectivity index (χ3n) is 2.79. The molecule has 3 nitrogen and oxygen atoms in total. The molecule has 0 fully saturated rings. The summed E-state index contributed by atoms with van der Waals surface area (Å²) >= 11 is 0. The van der Waals surface area contributed by atoms with Crippen molar-refractivity contribution in [3.05, 3.63) is 36.2 Å². The molecule has 0 saturated heterocycles. The molecule has 0 spiro atoms. The van der Waals surface area contributed by atoms with Crippen molar-refractivity contribution < 1.29 is 0 Å². The lowest BCUT2D eigenvalue weighted by molar-refractivity contribution is 0.607. The van der Waals surface area contributed by atoms with Gasteiger partial charge in [-0.3, -0.25) is 0 Å². The minimum atomic E-state index is 0.338. The third-order valence-corrected chi connectivity index (χ3v) is 2.79. The summed E-state index contributed by atoms with van der Waals surface area (Å²) in [5, 5.41) is 0. The smallest absolute Gasteiger partial charge is 0.131 e. The number of anilines is 1. The van der Waals surface area contributed by atoms with Gasteiger partial charge in [-0.15, -0.1) is 0 Å². The Balaban J connectivity index is 2.54. The van der Waals surface area contributed by atoms with Crippen LogP contribution in [0.5, 0.6) is 0 Å². The Morgan fingerprint density at radius 1 is 1.25 bits per heavy atom. The van der Waals surface area contributed by atoms with Crippen LogP contribution in [0.15, 0.2) is 30.6 Å². The zero-order chi connectivity index (χ0) is 11.7. The molecule has 0 aliphatic carbocycles. The fourth-order valence-corrected chi connectivity index (χ4v) is 1.83. The zero-order valence-electron chi connectivity index (χ0n) is 9.94. The number of hydrogen-bond acceptors (Lipinski definition) is 2. The third kappa shape index (κ3) is 1.69. The van der Waals surface area contributed by atoms with Gasteiger partial charge in [0, 0.05) is 11.6 Å². The molecule has 0 radical (unpaired) electrons. The van der Waals surface area contributed by atoms with Crippen LogP contribution in [0.1, 0.15) is 25.5 Å². The first-order valence-corrected chi connectivity index (χ1v) is 5.49. The maximum atomic E-state index is 6.11. The number of nitrogen functional groups attached to an aromatic ring is 1. The van der Waals surface area contributed by atoms with E-state index >= 15 is 0 Å². The summed E-state index contributed by atoms with van der Waals surface area (Å²) in [5.41, 5.74) is 9.29. The summed E-state index contributed by atoms with van der Waals surface area (Å²) in [6, 6.07) is 8.50. The number of nitrogens with two attached hydrogens (primary N) is 1. The van der Waals surface area contributed by atoms with Gasteiger partial charge >= 0.3 is 0 Å². The van der Waals surface area contributed by atoms with E-state index in [4.69, 9.17) is 5.73 Å². The minimum absolute atomic E-state index is 0.338. The fraction of sp³-hybridized carbons (Fsp3) is 0.308. The molecule has 0 amide bonds. The van der Waals surface area contributed by atoms with Gasteiger partial charge in [0.25, 0.3) is 0 Å². The number of aromatic nitrogens is 2. The molecule has 2 rings (SSSR count). The summed E-state index contributed by atoms with van der Waals surface area (Å²) in [4.78, 5) is 4.41. The van der Waals surface area contributed by atoms with Crippen molar-refractivity contribution in [3.8, 4) is 11.3 Å². The maximum Gasteiger partial charge on any atom is 0.131 e. The summed E-state index contributed by atoms with van der Waals surface area (Å²) in [7, 11) is 0. The van der Waals surface area contributed by atoms with E-state index in [9.17, 15) is 0 Å². The highest BCUT2D eigenvalue weighted by molar-refractivity contribution is 5.73. The Labute approximate surface area is 95.9 Å². The topological polar surface area (TPSA) is 43.8 Å². The second-order valence-corrected chi connectivity index (χ2v) is 4.29. The molecule has 0 atom stereocenters. The van der Waals surface area contributed by atoms with Crippen molar-refractivity contribution in [1.82, 2.24) is 9.55 Å². The Morgan fingerprint density at radius 2 is 1.94 bits per heavy atom. The molecule has 0 aliphatic rings. The molecule has 1 aromatic heterocycles. The number of nitrogens with zero attached hydrogens (tertiary/aromatic N) is 2. The van der Waals surface area contributed by atoms with Crippen molar-refractivity contribution in [3.63, 3.8) is 0 Å². The monoisotopic (exact) mass is 215 g/mol. The molecule has 16 heavy (non-hydrogen) atoms. The van der Waals surface area contributed by atoms with Crippen LogP contribution in [-0.2, 0) is 0 Å². The number of hydrogen-bond donors (Lipinski definition) is 1. The Kier molecular flexibility index (Phi) is 2.69. The van der Waals surface area contributed by atoms with Crippen LogP contribution in [0, 0.1) is 6.92 Å². The standard InChI is InChI=1S/C13H17N3/c1-9(2)16-8-15-12(13(16)14)11-7-5-4-6-10(11)3/h4-9H,14H2,1-3H3. The van der Waals surface area contributed by atoms with Crippen LogP contribution >= 0.6 is 0 Å². The Hall–Kier alpha value is -1.77. The van der Waals surface area contributed by atoms with Gasteiger partial charge < -0.3 is 10.3 Å². The van der Waals surface area contributed by atoms with Gasteiger partial charge in [0.15, 0.2) is 0 Å². The lowest BCUT2D eigenvalue weighted by atomic mass is 10.1. The summed E-state index contributed by atoms with van der Waals surface area (Å²) < 4.78 is 1.99. The van der Waals surface area contributed by atoms with Crippen LogP contribution in [0.4, 0.5) is 5.82 Å². The van der Waals surface area contributed by atoms with Crippen LogP contribution in [0.2, 0.25) is 0 Å². The molecule has 3 heteroatoms. The average molecular weight is 215 g/mol. The first-order chi connectivity index (χ1) is 7.61. The lowest BCUT2D eigenvalue weighted by Crippen LogP contribution is -2.04. The second kappa shape index (κ2) is 4.00. The Bertz CT molecular complexity index is 498. The summed E-state index contributed by atoms with van der Waals surface area (Å²) in [6.45, 7) is 6.27. The first kappa shape index (κ1) is 10.7. The second-order valence-electron chi connectivity index (χ2n) is 4.29. The highest BCUT2D eigenvalue weighted by Gasteiger charge is 2.12. The number of rotatable bonds is 2. The van der Waals surface area contributed by atoms with Gasteiger partial charge in [0.05, 0.1) is 6.33 Å². The largest absolute Gasteiger partial charge is 0.383 e. The van der Waals surface area contributed by atoms with E-state index in [1.807, 2.05) is 23.0 Å². The van der Waals surface area contributed by atoms with Gasteiger partial charge in [-0.25, -0.2) is 4.98 Å². The van der Waals surface area contributed by atoms with Crippen LogP contribution in [0.25, 0.3) is 11.3 Å². The predicted octanol–water partition coefficient (Wildman–Crippen LogP) is 3.02. The predicted molar refractivity (Wildman–Crippen MR) is 67.2 cm³/mol. The quantitative estimate of drug-likeness (QED) is 0.836. The van der Waals surface area contributed by atoms with Crippen molar-refractivity contribution in [2.24, 2.45) is 0 Å². The molecule has 2 N–H and O–H groups in total. The van der Waals surface area contributed by atoms with Gasteiger partial charge in [0.2, 0.25) is 0 Å². The van der Waals surface area contributed by atoms with Gasteiger partial charge in [0.1, 0.15) is 11.5 Å².